The number of rotatable bonds is 3. The van der Waals surface area contributed by atoms with Gasteiger partial charge in [0.1, 0.15) is 0 Å². The van der Waals surface area contributed by atoms with Gasteiger partial charge in [0.15, 0.2) is 5.78 Å². The summed E-state index contributed by atoms with van der Waals surface area (Å²) in [5.41, 5.74) is 3.04. The highest BCUT2D eigenvalue weighted by Gasteiger charge is 2.44. The Labute approximate surface area is 127 Å². The Morgan fingerprint density at radius 1 is 1.24 bits per heavy atom. The molecule has 3 unspecified atom stereocenters. The van der Waals surface area contributed by atoms with Crippen molar-refractivity contribution in [2.24, 2.45) is 0 Å². The van der Waals surface area contributed by atoms with Gasteiger partial charge in [-0.3, -0.25) is 9.69 Å². The average molecular weight is 287 g/mol. The maximum Gasteiger partial charge on any atom is 0.179 e. The first-order valence-electron chi connectivity index (χ1n) is 8.04. The fourth-order valence-corrected chi connectivity index (χ4v) is 4.18. The van der Waals surface area contributed by atoms with Gasteiger partial charge in [0.05, 0.1) is 12.1 Å². The van der Waals surface area contributed by atoms with E-state index >= 15 is 0 Å². The molecule has 3 rings (SSSR count). The minimum absolute atomic E-state index is 0.0875. The topological polar surface area (TPSA) is 40.5 Å². The molecular weight excluding hydrogens is 262 g/mol. The Balaban J connectivity index is 1.84. The summed E-state index contributed by atoms with van der Waals surface area (Å²) >= 11 is 0. The standard InChI is InChI=1S/C18H25NO2/c1-11-4-5-12(2)17(8-11)18(21)13(3)19-14-6-7-15(19)10-16(20)9-14/h4-5,8,13-16,20H,6-7,9-10H2,1-3H3. The Kier molecular flexibility index (Phi) is 3.89. The predicted octanol–water partition coefficient (Wildman–Crippen LogP) is 2.86. The summed E-state index contributed by atoms with van der Waals surface area (Å²) < 4.78 is 0. The molecule has 3 nitrogen and oxygen atoms in total. The van der Waals surface area contributed by atoms with Crippen LogP contribution in [0.25, 0.3) is 0 Å². The molecular formula is C18H25NO2. The van der Waals surface area contributed by atoms with Crippen molar-refractivity contribution in [2.45, 2.75) is 70.7 Å². The van der Waals surface area contributed by atoms with Crippen molar-refractivity contribution in [2.75, 3.05) is 0 Å². The van der Waals surface area contributed by atoms with Crippen LogP contribution in [0.2, 0.25) is 0 Å². The van der Waals surface area contributed by atoms with E-state index in [0.717, 1.165) is 42.4 Å². The van der Waals surface area contributed by atoms with E-state index in [0.29, 0.717) is 12.1 Å². The number of hydrogen-bond donors (Lipinski definition) is 1. The Morgan fingerprint density at radius 3 is 2.48 bits per heavy atom. The molecule has 1 N–H and O–H groups in total. The fourth-order valence-electron chi connectivity index (χ4n) is 4.18. The molecule has 0 spiro atoms. The molecule has 1 aromatic rings. The lowest BCUT2D eigenvalue weighted by Crippen LogP contribution is -2.51. The van der Waals surface area contributed by atoms with E-state index in [9.17, 15) is 9.90 Å². The summed E-state index contributed by atoms with van der Waals surface area (Å²) in [6.07, 6.45) is 3.70. The molecule has 2 aliphatic heterocycles. The van der Waals surface area contributed by atoms with Crippen LogP contribution in [-0.2, 0) is 0 Å². The van der Waals surface area contributed by atoms with Gasteiger partial charge in [-0.1, -0.05) is 17.7 Å². The molecule has 0 aliphatic carbocycles. The Morgan fingerprint density at radius 2 is 1.86 bits per heavy atom. The normalized spacial score (nSPS) is 30.4. The highest BCUT2D eigenvalue weighted by Crippen LogP contribution is 2.37. The molecule has 2 saturated heterocycles. The van der Waals surface area contributed by atoms with Crippen LogP contribution in [0.4, 0.5) is 0 Å². The molecule has 21 heavy (non-hydrogen) atoms. The smallest absolute Gasteiger partial charge is 0.179 e. The van der Waals surface area contributed by atoms with E-state index in [2.05, 4.69) is 11.0 Å². The number of carbonyl (C=O) groups excluding carboxylic acids is 1. The zero-order chi connectivity index (χ0) is 15.1. The van der Waals surface area contributed by atoms with Crippen LogP contribution in [0, 0.1) is 13.8 Å². The summed E-state index contributed by atoms with van der Waals surface area (Å²) in [5, 5.41) is 9.91. The van der Waals surface area contributed by atoms with Crippen molar-refractivity contribution < 1.29 is 9.90 Å². The van der Waals surface area contributed by atoms with Crippen molar-refractivity contribution in [1.29, 1.82) is 0 Å². The summed E-state index contributed by atoms with van der Waals surface area (Å²) in [5.74, 6) is 0.226. The van der Waals surface area contributed by atoms with Crippen molar-refractivity contribution in [3.63, 3.8) is 0 Å². The highest BCUT2D eigenvalue weighted by atomic mass is 16.3. The number of ketones is 1. The molecule has 3 heteroatoms. The number of nitrogens with zero attached hydrogens (tertiary/aromatic N) is 1. The van der Waals surface area contributed by atoms with Gasteiger partial charge < -0.3 is 5.11 Å². The first-order chi connectivity index (χ1) is 9.97. The molecule has 114 valence electrons. The predicted molar refractivity (Wildman–Crippen MR) is 83.6 cm³/mol. The number of Topliss-reactive ketones (excluding diaryl/α,β-unsaturated/α-hetero) is 1. The molecule has 2 bridgehead atoms. The number of fused-ring (bicyclic) bond motifs is 2. The molecule has 3 atom stereocenters. The molecule has 2 aliphatic rings. The largest absolute Gasteiger partial charge is 0.393 e. The van der Waals surface area contributed by atoms with E-state index < -0.39 is 0 Å². The van der Waals surface area contributed by atoms with Gasteiger partial charge in [0.25, 0.3) is 0 Å². The molecule has 2 heterocycles. The number of aliphatic hydroxyl groups is 1. The summed E-state index contributed by atoms with van der Waals surface area (Å²) in [7, 11) is 0. The zero-order valence-corrected chi connectivity index (χ0v) is 13.2. The average Bonchev–Trinajstić information content (AvgIpc) is 2.72. The molecule has 0 saturated carbocycles. The second-order valence-corrected chi connectivity index (χ2v) is 6.82. The quantitative estimate of drug-likeness (QED) is 0.869. The molecule has 2 fully saturated rings. The maximum absolute atomic E-state index is 12.9. The molecule has 1 aromatic carbocycles. The van der Waals surface area contributed by atoms with Gasteiger partial charge in [-0.2, -0.15) is 0 Å². The van der Waals surface area contributed by atoms with Gasteiger partial charge in [-0.25, -0.2) is 0 Å². The van der Waals surface area contributed by atoms with Gasteiger partial charge in [0.2, 0.25) is 0 Å². The number of piperidine rings is 1. The van der Waals surface area contributed by atoms with Crippen LogP contribution in [0.1, 0.15) is 54.1 Å². The Bertz CT molecular complexity index is 540. The van der Waals surface area contributed by atoms with Crippen LogP contribution in [0.3, 0.4) is 0 Å². The van der Waals surface area contributed by atoms with Crippen LogP contribution in [0.15, 0.2) is 18.2 Å². The number of benzene rings is 1. The number of carbonyl (C=O) groups is 1. The van der Waals surface area contributed by atoms with Gasteiger partial charge in [0, 0.05) is 17.6 Å². The highest BCUT2D eigenvalue weighted by molar-refractivity contribution is 6.01. The van der Waals surface area contributed by atoms with E-state index in [-0.39, 0.29) is 17.9 Å². The zero-order valence-electron chi connectivity index (χ0n) is 13.2. The fraction of sp³-hybridized carbons (Fsp3) is 0.611. The summed E-state index contributed by atoms with van der Waals surface area (Å²) in [4.78, 5) is 15.3. The van der Waals surface area contributed by atoms with Crippen LogP contribution in [-0.4, -0.2) is 40.0 Å². The summed E-state index contributed by atoms with van der Waals surface area (Å²) in [6.45, 7) is 6.07. The van der Waals surface area contributed by atoms with Crippen molar-refractivity contribution in [3.05, 3.63) is 34.9 Å². The third kappa shape index (κ3) is 2.65. The van der Waals surface area contributed by atoms with Crippen LogP contribution in [0.5, 0.6) is 0 Å². The van der Waals surface area contributed by atoms with E-state index in [1.54, 1.807) is 0 Å². The van der Waals surface area contributed by atoms with Gasteiger partial charge in [-0.05, 0) is 58.1 Å². The van der Waals surface area contributed by atoms with E-state index in [4.69, 9.17) is 0 Å². The lowest BCUT2D eigenvalue weighted by Gasteiger charge is -2.40. The van der Waals surface area contributed by atoms with Gasteiger partial charge in [-0.15, -0.1) is 0 Å². The lowest BCUT2D eigenvalue weighted by atomic mass is 9.93. The van der Waals surface area contributed by atoms with Gasteiger partial charge >= 0.3 is 0 Å². The SMILES string of the molecule is Cc1ccc(C)c(C(=O)C(C)N2C3CCC2CC(O)C3)c1. The second kappa shape index (κ2) is 5.54. The minimum atomic E-state index is -0.179. The number of hydrogen-bond acceptors (Lipinski definition) is 3. The molecule has 0 radical (unpaired) electrons. The first-order valence-corrected chi connectivity index (χ1v) is 8.04. The Hall–Kier alpha value is -1.19. The van der Waals surface area contributed by atoms with Crippen LogP contribution >= 0.6 is 0 Å². The molecule has 0 amide bonds. The lowest BCUT2D eigenvalue weighted by molar-refractivity contribution is 0.0155. The minimum Gasteiger partial charge on any atom is -0.393 e. The second-order valence-electron chi connectivity index (χ2n) is 6.82. The maximum atomic E-state index is 12.9. The summed E-state index contributed by atoms with van der Waals surface area (Å²) in [6, 6.07) is 6.76. The van der Waals surface area contributed by atoms with Crippen molar-refractivity contribution in [1.82, 2.24) is 4.90 Å². The number of aliphatic hydroxyl groups excluding tert-OH is 1. The molecule has 0 aromatic heterocycles. The third-order valence-electron chi connectivity index (χ3n) is 5.25. The number of aryl methyl sites for hydroxylation is 2. The first kappa shape index (κ1) is 14.7. The van der Waals surface area contributed by atoms with Crippen molar-refractivity contribution >= 4 is 5.78 Å². The van der Waals surface area contributed by atoms with E-state index in [1.807, 2.05) is 32.9 Å². The van der Waals surface area contributed by atoms with E-state index in [1.165, 1.54) is 0 Å². The monoisotopic (exact) mass is 287 g/mol. The third-order valence-corrected chi connectivity index (χ3v) is 5.25. The van der Waals surface area contributed by atoms with Crippen molar-refractivity contribution in [3.8, 4) is 0 Å². The van der Waals surface area contributed by atoms with Crippen LogP contribution < -0.4 is 0 Å².